The number of nitrogens with zero attached hydrogens (tertiary/aromatic N) is 2. The molecule has 39 heavy (non-hydrogen) atoms. The van der Waals surface area contributed by atoms with Crippen LogP contribution in [0.4, 0.5) is 35.3 Å². The Morgan fingerprint density at radius 1 is 1.08 bits per heavy atom. The van der Waals surface area contributed by atoms with E-state index in [9.17, 15) is 27.9 Å². The number of hydrogen-bond acceptors (Lipinski definition) is 6. The van der Waals surface area contributed by atoms with E-state index in [1.54, 1.807) is 60.7 Å². The molecule has 3 aromatic carbocycles. The standard InChI is InChI=1S/C22H16ClN5O4.C2HF3O2/c23-12-8-13(24)10-14(9-12)28-19(29)15-3-1-2-4-16(15)22(28,32)11-5-6-17-18(7-11)26-20(25-17)27-21(30)31;3-2(4,5)1(6)7/h1-10,32H,24H2,(H,30,31)(H2,25,26,27);(H,6,7). The van der Waals surface area contributed by atoms with Crippen molar-refractivity contribution in [2.75, 3.05) is 16.0 Å². The van der Waals surface area contributed by atoms with Crippen molar-refractivity contribution in [2.24, 2.45) is 0 Å². The highest BCUT2D eigenvalue weighted by Gasteiger charge is 2.51. The Kier molecular flexibility index (Phi) is 6.85. The second kappa shape index (κ2) is 9.81. The van der Waals surface area contributed by atoms with Gasteiger partial charge in [0.25, 0.3) is 5.91 Å². The number of benzene rings is 3. The number of aromatic amines is 1. The van der Waals surface area contributed by atoms with E-state index in [1.807, 2.05) is 0 Å². The number of alkyl halides is 3. The smallest absolute Gasteiger partial charge is 0.475 e. The van der Waals surface area contributed by atoms with Crippen LogP contribution in [0.2, 0.25) is 5.02 Å². The molecule has 0 aliphatic carbocycles. The molecular weight excluding hydrogens is 547 g/mol. The Balaban J connectivity index is 0.000000448. The van der Waals surface area contributed by atoms with Crippen molar-refractivity contribution in [3.63, 3.8) is 0 Å². The highest BCUT2D eigenvalue weighted by Crippen LogP contribution is 2.46. The third-order valence-corrected chi connectivity index (χ3v) is 5.79. The largest absolute Gasteiger partial charge is 0.490 e. The molecule has 7 N–H and O–H groups in total. The van der Waals surface area contributed by atoms with Gasteiger partial charge in [0.05, 0.1) is 16.7 Å². The number of carboxylic acid groups (broad SMARTS) is 2. The fraction of sp³-hybridized carbons (Fsp3) is 0.0833. The quantitative estimate of drug-likeness (QED) is 0.198. The Morgan fingerprint density at radius 3 is 2.36 bits per heavy atom. The van der Waals surface area contributed by atoms with Gasteiger partial charge in [0.1, 0.15) is 0 Å². The van der Waals surface area contributed by atoms with Crippen LogP contribution < -0.4 is 16.0 Å². The van der Waals surface area contributed by atoms with E-state index in [2.05, 4.69) is 15.3 Å². The molecule has 2 amide bonds. The molecule has 1 aliphatic rings. The minimum absolute atomic E-state index is 0.0407. The van der Waals surface area contributed by atoms with Gasteiger partial charge in [-0.15, -0.1) is 0 Å². The van der Waals surface area contributed by atoms with Gasteiger partial charge in [0, 0.05) is 27.4 Å². The molecule has 0 radical (unpaired) electrons. The molecule has 0 saturated heterocycles. The lowest BCUT2D eigenvalue weighted by Gasteiger charge is -2.35. The number of amides is 2. The number of anilines is 3. The lowest BCUT2D eigenvalue weighted by Crippen LogP contribution is -2.45. The zero-order chi connectivity index (χ0) is 28.7. The minimum Gasteiger partial charge on any atom is -0.475 e. The van der Waals surface area contributed by atoms with Crippen LogP contribution in [0.5, 0.6) is 0 Å². The number of imidazole rings is 1. The van der Waals surface area contributed by atoms with Gasteiger partial charge in [0.15, 0.2) is 5.72 Å². The minimum atomic E-state index is -5.08. The second-order valence-corrected chi connectivity index (χ2v) is 8.59. The number of nitrogens with two attached hydrogens (primary N) is 1. The molecule has 1 aliphatic heterocycles. The number of H-pyrrole nitrogens is 1. The van der Waals surface area contributed by atoms with Crippen molar-refractivity contribution >= 4 is 57.9 Å². The summed E-state index contributed by atoms with van der Waals surface area (Å²) in [5, 5.41) is 30.6. The van der Waals surface area contributed by atoms with E-state index in [4.69, 9.17) is 32.3 Å². The number of fused-ring (bicyclic) bond motifs is 2. The van der Waals surface area contributed by atoms with E-state index in [0.717, 1.165) is 0 Å². The molecule has 15 heteroatoms. The van der Waals surface area contributed by atoms with Gasteiger partial charge >= 0.3 is 18.2 Å². The molecule has 1 unspecified atom stereocenters. The number of carboxylic acids is 1. The van der Waals surface area contributed by atoms with E-state index in [1.165, 1.54) is 4.90 Å². The number of aliphatic hydroxyl groups is 1. The van der Waals surface area contributed by atoms with Crippen molar-refractivity contribution in [3.05, 3.63) is 82.4 Å². The number of aromatic nitrogens is 2. The van der Waals surface area contributed by atoms with E-state index in [0.29, 0.717) is 44.1 Å². The third kappa shape index (κ3) is 5.15. The highest BCUT2D eigenvalue weighted by molar-refractivity contribution is 6.31. The first kappa shape index (κ1) is 27.2. The fourth-order valence-electron chi connectivity index (χ4n) is 4.06. The monoisotopic (exact) mass is 563 g/mol. The maximum atomic E-state index is 13.4. The topological polar surface area (TPSA) is 182 Å². The normalized spacial score (nSPS) is 16.4. The molecule has 4 aromatic rings. The summed E-state index contributed by atoms with van der Waals surface area (Å²) >= 11 is 6.18. The molecule has 5 rings (SSSR count). The van der Waals surface area contributed by atoms with Crippen LogP contribution in [0.25, 0.3) is 11.0 Å². The first-order chi connectivity index (χ1) is 18.2. The summed E-state index contributed by atoms with van der Waals surface area (Å²) in [5.41, 5.74) is 6.81. The summed E-state index contributed by atoms with van der Waals surface area (Å²) in [6, 6.07) is 16.3. The summed E-state index contributed by atoms with van der Waals surface area (Å²) in [6.45, 7) is 0. The van der Waals surface area contributed by atoms with E-state index < -0.39 is 29.9 Å². The molecule has 202 valence electrons. The summed E-state index contributed by atoms with van der Waals surface area (Å²) in [5.74, 6) is -3.13. The molecule has 0 spiro atoms. The Hall–Kier alpha value is -4.82. The van der Waals surface area contributed by atoms with Gasteiger partial charge < -0.3 is 26.0 Å². The summed E-state index contributed by atoms with van der Waals surface area (Å²) in [7, 11) is 0. The van der Waals surface area contributed by atoms with Gasteiger partial charge in [-0.3, -0.25) is 15.0 Å². The van der Waals surface area contributed by atoms with Crippen molar-refractivity contribution in [1.29, 1.82) is 0 Å². The van der Waals surface area contributed by atoms with Gasteiger partial charge in [-0.1, -0.05) is 35.9 Å². The van der Waals surface area contributed by atoms with Crippen LogP contribution in [0.15, 0.2) is 60.7 Å². The number of nitrogens with one attached hydrogen (secondary N) is 2. The number of halogens is 4. The van der Waals surface area contributed by atoms with Crippen LogP contribution in [0, 0.1) is 0 Å². The van der Waals surface area contributed by atoms with E-state index in [-0.39, 0.29) is 5.95 Å². The summed E-state index contributed by atoms with van der Waals surface area (Å²) in [6.07, 6.45) is -6.34. The molecule has 0 bridgehead atoms. The summed E-state index contributed by atoms with van der Waals surface area (Å²) < 4.78 is 31.7. The lowest BCUT2D eigenvalue weighted by molar-refractivity contribution is -0.192. The number of carbonyl (C=O) groups is 3. The molecule has 2 heterocycles. The lowest BCUT2D eigenvalue weighted by atomic mass is 9.93. The van der Waals surface area contributed by atoms with Crippen LogP contribution in [-0.4, -0.2) is 49.4 Å². The molecule has 0 fully saturated rings. The second-order valence-electron chi connectivity index (χ2n) is 8.15. The number of carbonyl (C=O) groups excluding carboxylic acids is 1. The zero-order valence-electron chi connectivity index (χ0n) is 19.3. The molecule has 11 nitrogen and oxygen atoms in total. The van der Waals surface area contributed by atoms with Crippen molar-refractivity contribution < 1.29 is 42.9 Å². The van der Waals surface area contributed by atoms with Crippen molar-refractivity contribution in [3.8, 4) is 0 Å². The number of nitrogen functional groups attached to an aromatic ring is 1. The maximum absolute atomic E-state index is 13.4. The Bertz CT molecular complexity index is 1610. The van der Waals surface area contributed by atoms with Gasteiger partial charge in [-0.25, -0.2) is 14.6 Å². The average Bonchev–Trinajstić information content (AvgIpc) is 3.33. The van der Waals surface area contributed by atoms with Gasteiger partial charge in [0.2, 0.25) is 5.95 Å². The first-order valence-corrected chi connectivity index (χ1v) is 11.1. The number of aliphatic carboxylic acids is 1. The average molecular weight is 564 g/mol. The predicted molar refractivity (Wildman–Crippen MR) is 134 cm³/mol. The Morgan fingerprint density at radius 2 is 1.74 bits per heavy atom. The molecule has 1 atom stereocenters. The number of hydrogen-bond donors (Lipinski definition) is 6. The third-order valence-electron chi connectivity index (χ3n) is 5.58. The first-order valence-electron chi connectivity index (χ1n) is 10.7. The van der Waals surface area contributed by atoms with E-state index >= 15 is 0 Å². The molecule has 1 aromatic heterocycles. The van der Waals surface area contributed by atoms with Crippen LogP contribution in [0.1, 0.15) is 21.5 Å². The predicted octanol–water partition coefficient (Wildman–Crippen LogP) is 4.38. The van der Waals surface area contributed by atoms with Gasteiger partial charge in [-0.05, 0) is 36.4 Å². The SMILES string of the molecule is Nc1cc(Cl)cc(N2C(=O)c3ccccc3C2(O)c2ccc3nc(NC(=O)O)[nH]c3c2)c1.O=C(O)C(F)(F)F. The molecule has 0 saturated carbocycles. The molecular formula is C24H17ClF3N5O6. The van der Waals surface area contributed by atoms with Crippen LogP contribution >= 0.6 is 11.6 Å². The zero-order valence-corrected chi connectivity index (χ0v) is 20.1. The van der Waals surface area contributed by atoms with Crippen LogP contribution in [0.3, 0.4) is 0 Å². The van der Waals surface area contributed by atoms with Crippen LogP contribution in [-0.2, 0) is 10.5 Å². The fourth-order valence-corrected chi connectivity index (χ4v) is 4.30. The highest BCUT2D eigenvalue weighted by atomic mass is 35.5. The summed E-state index contributed by atoms with van der Waals surface area (Å²) in [4.78, 5) is 41.5. The van der Waals surface area contributed by atoms with Gasteiger partial charge in [-0.2, -0.15) is 13.2 Å². The van der Waals surface area contributed by atoms with Crippen molar-refractivity contribution in [1.82, 2.24) is 9.97 Å². The Labute approximate surface area is 221 Å². The maximum Gasteiger partial charge on any atom is 0.490 e. The number of rotatable bonds is 3. The van der Waals surface area contributed by atoms with Crippen molar-refractivity contribution in [2.45, 2.75) is 11.9 Å².